The van der Waals surface area contributed by atoms with E-state index in [2.05, 4.69) is 15.8 Å². The minimum Gasteiger partial charge on any atom is -0.504 e. The van der Waals surface area contributed by atoms with Crippen molar-refractivity contribution in [3.05, 3.63) is 95.6 Å². The lowest BCUT2D eigenvalue weighted by Gasteiger charge is -2.24. The van der Waals surface area contributed by atoms with Gasteiger partial charge in [-0.05, 0) is 40.8 Å². The summed E-state index contributed by atoms with van der Waals surface area (Å²) in [7, 11) is 1.45. The molecule has 3 aromatic rings. The van der Waals surface area contributed by atoms with Crippen molar-refractivity contribution < 1.29 is 19.4 Å². The summed E-state index contributed by atoms with van der Waals surface area (Å²) in [6.45, 7) is 3.72. The number of hydrogen-bond donors (Lipinski definition) is 3. The molecule has 7 nitrogen and oxygen atoms in total. The van der Waals surface area contributed by atoms with Gasteiger partial charge in [-0.2, -0.15) is 5.10 Å². The first-order valence-electron chi connectivity index (χ1n) is 11.0. The van der Waals surface area contributed by atoms with Gasteiger partial charge < -0.3 is 15.2 Å². The number of nitrogens with one attached hydrogen (secondary N) is 2. The molecular formula is C27H29N3O4. The van der Waals surface area contributed by atoms with Gasteiger partial charge in [-0.15, -0.1) is 0 Å². The van der Waals surface area contributed by atoms with Crippen molar-refractivity contribution >= 4 is 18.0 Å². The first-order chi connectivity index (χ1) is 16.4. The molecule has 7 heteroatoms. The number of methoxy groups -OCH3 is 1. The van der Waals surface area contributed by atoms with Crippen LogP contribution in [-0.4, -0.2) is 36.3 Å². The van der Waals surface area contributed by atoms with Gasteiger partial charge in [-0.1, -0.05) is 74.5 Å². The first kappa shape index (κ1) is 24.5. The molecule has 0 saturated heterocycles. The number of carbonyl (C=O) groups is 2. The summed E-state index contributed by atoms with van der Waals surface area (Å²) in [6, 6.07) is 22.9. The number of benzene rings is 3. The minimum absolute atomic E-state index is 0.0117. The SMILES string of the molecule is COc1cc(/C=N\NC(=O)[C@H](NC(=O)C(c2ccccc2)c2ccccc2)C(C)C)ccc1O. The van der Waals surface area contributed by atoms with Gasteiger partial charge in [-0.3, -0.25) is 9.59 Å². The zero-order chi connectivity index (χ0) is 24.5. The smallest absolute Gasteiger partial charge is 0.262 e. The molecule has 0 aromatic heterocycles. The van der Waals surface area contributed by atoms with Gasteiger partial charge in [0.05, 0.1) is 19.2 Å². The second kappa shape index (κ2) is 11.7. The molecule has 34 heavy (non-hydrogen) atoms. The average Bonchev–Trinajstić information content (AvgIpc) is 2.84. The van der Waals surface area contributed by atoms with Crippen molar-refractivity contribution in [2.24, 2.45) is 11.0 Å². The highest BCUT2D eigenvalue weighted by Gasteiger charge is 2.29. The predicted molar refractivity (Wildman–Crippen MR) is 132 cm³/mol. The summed E-state index contributed by atoms with van der Waals surface area (Å²) in [5.41, 5.74) is 4.82. The van der Waals surface area contributed by atoms with Gasteiger partial charge in [-0.25, -0.2) is 5.43 Å². The zero-order valence-electron chi connectivity index (χ0n) is 19.4. The van der Waals surface area contributed by atoms with Crippen molar-refractivity contribution in [3.63, 3.8) is 0 Å². The third-order valence-electron chi connectivity index (χ3n) is 5.37. The van der Waals surface area contributed by atoms with Crippen LogP contribution < -0.4 is 15.5 Å². The number of carbonyl (C=O) groups excluding carboxylic acids is 2. The number of hydrogen-bond acceptors (Lipinski definition) is 5. The van der Waals surface area contributed by atoms with Crippen LogP contribution in [0, 0.1) is 5.92 Å². The molecule has 0 unspecified atom stereocenters. The van der Waals surface area contributed by atoms with E-state index in [0.717, 1.165) is 11.1 Å². The molecule has 0 aliphatic heterocycles. The number of hydrazone groups is 1. The molecule has 1 atom stereocenters. The van der Waals surface area contributed by atoms with E-state index in [9.17, 15) is 14.7 Å². The van der Waals surface area contributed by atoms with Gasteiger partial charge >= 0.3 is 0 Å². The highest BCUT2D eigenvalue weighted by molar-refractivity contribution is 5.93. The Kier molecular flexibility index (Phi) is 8.40. The van der Waals surface area contributed by atoms with Gasteiger partial charge in [0.1, 0.15) is 6.04 Å². The Bertz CT molecular complexity index is 1090. The number of phenolic OH excluding ortho intramolecular Hbond substituents is 1. The maximum atomic E-state index is 13.4. The highest BCUT2D eigenvalue weighted by atomic mass is 16.5. The molecule has 0 aliphatic carbocycles. The fourth-order valence-corrected chi connectivity index (χ4v) is 3.57. The molecule has 0 radical (unpaired) electrons. The Morgan fingerprint density at radius 3 is 2.03 bits per heavy atom. The van der Waals surface area contributed by atoms with Crippen LogP contribution in [0.2, 0.25) is 0 Å². The molecule has 0 spiro atoms. The van der Waals surface area contributed by atoms with Gasteiger partial charge in [0.25, 0.3) is 5.91 Å². The van der Waals surface area contributed by atoms with E-state index in [0.29, 0.717) is 11.3 Å². The van der Waals surface area contributed by atoms with Gasteiger partial charge in [0, 0.05) is 0 Å². The largest absolute Gasteiger partial charge is 0.504 e. The molecule has 3 N–H and O–H groups in total. The topological polar surface area (TPSA) is 100 Å². The lowest BCUT2D eigenvalue weighted by molar-refractivity contribution is -0.130. The molecule has 2 amide bonds. The van der Waals surface area contributed by atoms with E-state index >= 15 is 0 Å². The van der Waals surface area contributed by atoms with Crippen molar-refractivity contribution in [1.29, 1.82) is 0 Å². The summed E-state index contributed by atoms with van der Waals surface area (Å²) in [4.78, 5) is 26.3. The van der Waals surface area contributed by atoms with Crippen molar-refractivity contribution in [1.82, 2.24) is 10.7 Å². The zero-order valence-corrected chi connectivity index (χ0v) is 19.4. The van der Waals surface area contributed by atoms with Crippen LogP contribution in [0.25, 0.3) is 0 Å². The Hall–Kier alpha value is -4.13. The van der Waals surface area contributed by atoms with E-state index in [1.54, 1.807) is 12.1 Å². The second-order valence-corrected chi connectivity index (χ2v) is 8.15. The molecule has 3 aromatic carbocycles. The van der Waals surface area contributed by atoms with E-state index < -0.39 is 17.9 Å². The third kappa shape index (κ3) is 6.22. The van der Waals surface area contributed by atoms with Crippen LogP contribution in [-0.2, 0) is 9.59 Å². The monoisotopic (exact) mass is 459 g/mol. The highest BCUT2D eigenvalue weighted by Crippen LogP contribution is 2.26. The maximum Gasteiger partial charge on any atom is 0.262 e. The van der Waals surface area contributed by atoms with Crippen molar-refractivity contribution in [2.45, 2.75) is 25.8 Å². The molecule has 3 rings (SSSR count). The normalized spacial score (nSPS) is 12.0. The second-order valence-electron chi connectivity index (χ2n) is 8.15. The molecule has 176 valence electrons. The van der Waals surface area contributed by atoms with E-state index in [1.165, 1.54) is 19.4 Å². The van der Waals surface area contributed by atoms with E-state index in [4.69, 9.17) is 4.74 Å². The number of phenols is 1. The molecule has 0 bridgehead atoms. The van der Waals surface area contributed by atoms with Crippen LogP contribution in [0.15, 0.2) is 84.0 Å². The van der Waals surface area contributed by atoms with Crippen molar-refractivity contribution in [3.8, 4) is 11.5 Å². The van der Waals surface area contributed by atoms with Crippen LogP contribution in [0.3, 0.4) is 0 Å². The number of ether oxygens (including phenoxy) is 1. The van der Waals surface area contributed by atoms with Crippen LogP contribution in [0.5, 0.6) is 11.5 Å². The van der Waals surface area contributed by atoms with Gasteiger partial charge in [0.15, 0.2) is 11.5 Å². The summed E-state index contributed by atoms with van der Waals surface area (Å²) in [5.74, 6) is -1.10. The number of nitrogens with zero attached hydrogens (tertiary/aromatic N) is 1. The Labute approximate surface area is 199 Å². The standard InChI is InChI=1S/C27H29N3O4/c1-18(2)25(27(33)30-28-17-19-14-15-22(31)23(16-19)34-3)29-26(32)24(20-10-6-4-7-11-20)21-12-8-5-9-13-21/h4-18,24-25,31H,1-3H3,(H,29,32)(H,30,33)/b28-17-/t25-/m1/s1. The molecule has 0 heterocycles. The summed E-state index contributed by atoms with van der Waals surface area (Å²) in [5, 5.41) is 16.6. The lowest BCUT2D eigenvalue weighted by atomic mass is 9.89. The van der Waals surface area contributed by atoms with Crippen LogP contribution in [0.4, 0.5) is 0 Å². The number of amides is 2. The summed E-state index contributed by atoms with van der Waals surface area (Å²) < 4.78 is 5.08. The Morgan fingerprint density at radius 2 is 1.50 bits per heavy atom. The number of aromatic hydroxyl groups is 1. The van der Waals surface area contributed by atoms with Crippen LogP contribution in [0.1, 0.15) is 36.5 Å². The first-order valence-corrected chi connectivity index (χ1v) is 11.0. The Morgan fingerprint density at radius 1 is 0.912 bits per heavy atom. The maximum absolute atomic E-state index is 13.4. The number of rotatable bonds is 9. The molecule has 0 fully saturated rings. The van der Waals surface area contributed by atoms with E-state index in [1.807, 2.05) is 74.5 Å². The average molecular weight is 460 g/mol. The molecule has 0 aliphatic rings. The third-order valence-corrected chi connectivity index (χ3v) is 5.37. The molecular weight excluding hydrogens is 430 g/mol. The van der Waals surface area contributed by atoms with E-state index in [-0.39, 0.29) is 17.6 Å². The fourth-order valence-electron chi connectivity index (χ4n) is 3.57. The van der Waals surface area contributed by atoms with Crippen LogP contribution >= 0.6 is 0 Å². The summed E-state index contributed by atoms with van der Waals surface area (Å²) >= 11 is 0. The van der Waals surface area contributed by atoms with Gasteiger partial charge in [0.2, 0.25) is 5.91 Å². The molecule has 0 saturated carbocycles. The quantitative estimate of drug-likeness (QED) is 0.335. The minimum atomic E-state index is -0.783. The summed E-state index contributed by atoms with van der Waals surface area (Å²) in [6.07, 6.45) is 1.44. The lowest BCUT2D eigenvalue weighted by Crippen LogP contribution is -2.50. The van der Waals surface area contributed by atoms with Crippen molar-refractivity contribution in [2.75, 3.05) is 7.11 Å². The fraction of sp³-hybridized carbons (Fsp3) is 0.222. The predicted octanol–water partition coefficient (Wildman–Crippen LogP) is 3.82. The Balaban J connectivity index is 1.75.